The Bertz CT molecular complexity index is 2340. The van der Waals surface area contributed by atoms with E-state index in [1.54, 1.807) is 14.4 Å². The summed E-state index contributed by atoms with van der Waals surface area (Å²) in [4.78, 5) is 66.6. The van der Waals surface area contributed by atoms with Crippen molar-refractivity contribution < 1.29 is 37.4 Å². The van der Waals surface area contributed by atoms with Gasteiger partial charge in [0.1, 0.15) is 12.3 Å². The number of hydrogen-bond donors (Lipinski definition) is 2. The molecule has 3 aliphatic heterocycles. The lowest BCUT2D eigenvalue weighted by Crippen LogP contribution is -2.54. The van der Waals surface area contributed by atoms with Gasteiger partial charge in [0.25, 0.3) is 11.5 Å². The number of halogens is 4. The van der Waals surface area contributed by atoms with Gasteiger partial charge in [-0.15, -0.1) is 5.10 Å². The van der Waals surface area contributed by atoms with Gasteiger partial charge in [0, 0.05) is 49.0 Å². The van der Waals surface area contributed by atoms with Gasteiger partial charge in [-0.2, -0.15) is 22.7 Å². The number of ether oxygens (including phenoxy) is 1. The fraction of sp³-hybridized carbons (Fsp3) is 0.432. The van der Waals surface area contributed by atoms with Crippen LogP contribution in [-0.2, 0) is 38.9 Å². The standard InChI is InChI=1S/C37H36ClF3N8O6/c1-35(19-55-20-35)33(54)47-13-7-21(8-14-47)30-44-34-48(18-27(51)43-24-5-4-22(17-23(24)38)37(39,40)41)25-6-9-36(28(25)31(52)49(34)45-30)10-15-46(16-11-36)32(53)29-26(50)3-2-12-42-29/h2-5,7,12,17,50H,6,8-11,13-16,18-20H2,1H3,(H,43,51). The highest BCUT2D eigenvalue weighted by molar-refractivity contribution is 6.33. The second kappa shape index (κ2) is 13.5. The minimum Gasteiger partial charge on any atom is -0.505 e. The second-order valence-electron chi connectivity index (χ2n) is 14.8. The molecule has 1 spiro atoms. The Morgan fingerprint density at radius 3 is 2.45 bits per heavy atom. The largest absolute Gasteiger partial charge is 0.505 e. The first-order valence-corrected chi connectivity index (χ1v) is 18.2. The van der Waals surface area contributed by atoms with Crippen molar-refractivity contribution >= 4 is 46.4 Å². The lowest BCUT2D eigenvalue weighted by Gasteiger charge is -2.41. The number of fused-ring (bicyclic) bond motifs is 3. The van der Waals surface area contributed by atoms with Gasteiger partial charge in [-0.05, 0) is 74.9 Å². The minimum absolute atomic E-state index is 0.00200. The molecule has 18 heteroatoms. The third-order valence-corrected chi connectivity index (χ3v) is 11.5. The molecule has 288 valence electrons. The number of carbonyl (C=O) groups is 3. The van der Waals surface area contributed by atoms with Crippen molar-refractivity contribution in [3.05, 3.63) is 86.3 Å². The van der Waals surface area contributed by atoms with Gasteiger partial charge in [-0.1, -0.05) is 17.7 Å². The Kier molecular flexibility index (Phi) is 8.99. The van der Waals surface area contributed by atoms with Crippen LogP contribution < -0.4 is 10.9 Å². The summed E-state index contributed by atoms with van der Waals surface area (Å²) < 4.78 is 47.9. The van der Waals surface area contributed by atoms with Crippen molar-refractivity contribution in [1.29, 1.82) is 0 Å². The van der Waals surface area contributed by atoms with Gasteiger partial charge in [-0.3, -0.25) is 19.2 Å². The molecule has 1 aromatic carbocycles. The van der Waals surface area contributed by atoms with Crippen LogP contribution in [0.15, 0.2) is 47.4 Å². The highest BCUT2D eigenvalue weighted by Crippen LogP contribution is 2.45. The molecule has 3 aromatic heterocycles. The summed E-state index contributed by atoms with van der Waals surface area (Å²) >= 11 is 6.15. The number of benzene rings is 1. The zero-order chi connectivity index (χ0) is 38.9. The molecule has 0 bridgehead atoms. The fourth-order valence-electron chi connectivity index (χ4n) is 8.12. The van der Waals surface area contributed by atoms with E-state index in [9.17, 15) is 37.5 Å². The lowest BCUT2D eigenvalue weighted by molar-refractivity contribution is -0.168. The minimum atomic E-state index is -4.62. The molecule has 14 nitrogen and oxygen atoms in total. The van der Waals surface area contributed by atoms with E-state index in [1.165, 1.54) is 22.8 Å². The zero-order valence-electron chi connectivity index (χ0n) is 29.7. The number of aromatic nitrogens is 5. The fourth-order valence-corrected chi connectivity index (χ4v) is 8.35. The number of piperidine rings is 1. The monoisotopic (exact) mass is 780 g/mol. The maximum absolute atomic E-state index is 14.5. The Balaban J connectivity index is 1.13. The zero-order valence-corrected chi connectivity index (χ0v) is 30.4. The Hall–Kier alpha value is -5.29. The van der Waals surface area contributed by atoms with Crippen LogP contribution >= 0.6 is 11.6 Å². The number of rotatable bonds is 6. The van der Waals surface area contributed by atoms with E-state index < -0.39 is 39.9 Å². The third kappa shape index (κ3) is 6.42. The maximum atomic E-state index is 14.5. The Morgan fingerprint density at radius 2 is 1.82 bits per heavy atom. The van der Waals surface area contributed by atoms with Crippen LogP contribution in [0.2, 0.25) is 5.02 Å². The molecule has 6 heterocycles. The highest BCUT2D eigenvalue weighted by Gasteiger charge is 2.47. The molecular weight excluding hydrogens is 745 g/mol. The number of carbonyl (C=O) groups excluding carboxylic acids is 3. The molecule has 1 aliphatic carbocycles. The number of hydrogen-bond acceptors (Lipinski definition) is 9. The molecule has 2 fully saturated rings. The second-order valence-corrected chi connectivity index (χ2v) is 15.2. The lowest BCUT2D eigenvalue weighted by atomic mass is 9.74. The van der Waals surface area contributed by atoms with E-state index >= 15 is 0 Å². The van der Waals surface area contributed by atoms with Crippen molar-refractivity contribution in [2.45, 2.75) is 57.2 Å². The molecular formula is C37H36ClF3N8O6. The van der Waals surface area contributed by atoms with Crippen LogP contribution in [0.4, 0.5) is 18.9 Å². The van der Waals surface area contributed by atoms with E-state index in [4.69, 9.17) is 21.3 Å². The van der Waals surface area contributed by atoms with Crippen molar-refractivity contribution in [1.82, 2.24) is 33.9 Å². The molecule has 3 amide bonds. The van der Waals surface area contributed by atoms with Gasteiger partial charge >= 0.3 is 6.18 Å². The first kappa shape index (κ1) is 36.7. The SMILES string of the molecule is CC1(C(=O)N2CC=C(c3nc4n(CC(=O)Nc5ccc(C(F)(F)F)cc5Cl)c5c(c(=O)n4n3)C3(CC5)CCN(C(=O)c4ncccc4O)CC3)CC2)COC1. The average molecular weight is 781 g/mol. The smallest absolute Gasteiger partial charge is 0.416 e. The summed E-state index contributed by atoms with van der Waals surface area (Å²) in [5, 5.41) is 17.2. The first-order chi connectivity index (χ1) is 26.2. The van der Waals surface area contributed by atoms with Crippen LogP contribution in [0.25, 0.3) is 11.4 Å². The predicted octanol–water partition coefficient (Wildman–Crippen LogP) is 4.07. The van der Waals surface area contributed by atoms with E-state index in [0.717, 1.165) is 23.8 Å². The number of pyridine rings is 1. The first-order valence-electron chi connectivity index (χ1n) is 17.9. The molecule has 4 aromatic rings. The third-order valence-electron chi connectivity index (χ3n) is 11.2. The van der Waals surface area contributed by atoms with Crippen LogP contribution in [0, 0.1) is 5.41 Å². The molecule has 2 saturated heterocycles. The van der Waals surface area contributed by atoms with Crippen LogP contribution in [0.5, 0.6) is 5.75 Å². The summed E-state index contributed by atoms with van der Waals surface area (Å²) in [6.45, 7) is 3.56. The maximum Gasteiger partial charge on any atom is 0.416 e. The van der Waals surface area contributed by atoms with Gasteiger partial charge in [-0.25, -0.2) is 4.98 Å². The highest BCUT2D eigenvalue weighted by atomic mass is 35.5. The summed E-state index contributed by atoms with van der Waals surface area (Å²) in [5.41, 5.74) is -0.857. The van der Waals surface area contributed by atoms with Gasteiger partial charge < -0.3 is 29.5 Å². The summed E-state index contributed by atoms with van der Waals surface area (Å²) in [6.07, 6.45) is 0.910. The summed E-state index contributed by atoms with van der Waals surface area (Å²) in [5.74, 6) is -0.875. The van der Waals surface area contributed by atoms with Crippen LogP contribution in [0.3, 0.4) is 0 Å². The molecule has 0 saturated carbocycles. The van der Waals surface area contributed by atoms with Gasteiger partial charge in [0.15, 0.2) is 11.5 Å². The average Bonchev–Trinajstić information content (AvgIpc) is 3.76. The number of likely N-dealkylation sites (tertiary alicyclic amines) is 1. The predicted molar refractivity (Wildman–Crippen MR) is 191 cm³/mol. The molecule has 0 radical (unpaired) electrons. The molecule has 2 N–H and O–H groups in total. The van der Waals surface area contributed by atoms with Crippen molar-refractivity contribution in [2.75, 3.05) is 44.7 Å². The van der Waals surface area contributed by atoms with Crippen molar-refractivity contribution in [3.8, 4) is 5.75 Å². The Labute approximate surface area is 316 Å². The molecule has 0 atom stereocenters. The van der Waals surface area contributed by atoms with E-state index in [-0.39, 0.29) is 59.3 Å². The molecule has 8 rings (SSSR count). The quantitative estimate of drug-likeness (QED) is 0.294. The van der Waals surface area contributed by atoms with Crippen molar-refractivity contribution in [2.24, 2.45) is 5.41 Å². The van der Waals surface area contributed by atoms with Crippen molar-refractivity contribution in [3.63, 3.8) is 0 Å². The number of aromatic hydroxyl groups is 1. The van der Waals surface area contributed by atoms with Crippen LogP contribution in [-0.4, -0.2) is 96.2 Å². The number of alkyl halides is 3. The summed E-state index contributed by atoms with van der Waals surface area (Å²) in [7, 11) is 0. The van der Waals surface area contributed by atoms with Gasteiger partial charge in [0.2, 0.25) is 17.6 Å². The number of anilines is 1. The molecule has 4 aliphatic rings. The topological polar surface area (TPSA) is 164 Å². The Morgan fingerprint density at radius 1 is 1.05 bits per heavy atom. The molecule has 55 heavy (non-hydrogen) atoms. The van der Waals surface area contributed by atoms with E-state index in [1.807, 2.05) is 13.0 Å². The van der Waals surface area contributed by atoms with E-state index in [0.29, 0.717) is 69.7 Å². The molecule has 0 unspecified atom stereocenters. The normalized spacial score (nSPS) is 18.9. The van der Waals surface area contributed by atoms with Gasteiger partial charge in [0.05, 0.1) is 34.9 Å². The number of nitrogens with zero attached hydrogens (tertiary/aromatic N) is 7. The van der Waals surface area contributed by atoms with Crippen LogP contribution in [0.1, 0.15) is 65.7 Å². The number of nitrogens with one attached hydrogen (secondary N) is 1. The van der Waals surface area contributed by atoms with E-state index in [2.05, 4.69) is 15.4 Å². The number of amides is 3. The summed E-state index contributed by atoms with van der Waals surface area (Å²) in [6, 6.07) is 5.56.